The molecule has 0 aliphatic rings. The first-order valence-electron chi connectivity index (χ1n) is 6.27. The molecule has 0 aliphatic heterocycles. The maximum Gasteiger partial charge on any atom is 0.119 e. The third-order valence-electron chi connectivity index (χ3n) is 2.86. The van der Waals surface area contributed by atoms with Crippen LogP contribution in [0.4, 0.5) is 0 Å². The number of nitrogens with one attached hydrogen (secondary N) is 1. The minimum absolute atomic E-state index is 0.00683. The van der Waals surface area contributed by atoms with Crippen LogP contribution in [0.3, 0.4) is 0 Å². The number of hydrogen-bond acceptors (Lipinski definition) is 5. The lowest BCUT2D eigenvalue weighted by Crippen LogP contribution is -2.29. The van der Waals surface area contributed by atoms with Gasteiger partial charge in [0.05, 0.1) is 18.3 Å². The Balaban J connectivity index is 2.08. The number of aromatic nitrogens is 3. The van der Waals surface area contributed by atoms with E-state index in [1.54, 1.807) is 4.68 Å². The molecule has 1 unspecified atom stereocenters. The number of nitrogens with two attached hydrogens (primary N) is 1. The lowest BCUT2D eigenvalue weighted by Gasteiger charge is -2.15. The van der Waals surface area contributed by atoms with Gasteiger partial charge in [-0.3, -0.25) is 16.0 Å². The van der Waals surface area contributed by atoms with Crippen molar-refractivity contribution in [1.29, 1.82) is 0 Å². The molecule has 0 spiro atoms. The minimum atomic E-state index is 0.00683. The van der Waals surface area contributed by atoms with Gasteiger partial charge in [-0.1, -0.05) is 17.3 Å². The molecule has 2 rings (SSSR count). The monoisotopic (exact) mass is 261 g/mol. The molecule has 1 aromatic heterocycles. The van der Waals surface area contributed by atoms with Gasteiger partial charge in [0.2, 0.25) is 0 Å². The van der Waals surface area contributed by atoms with Crippen molar-refractivity contribution in [2.45, 2.75) is 19.4 Å². The summed E-state index contributed by atoms with van der Waals surface area (Å²) in [5, 5.41) is 7.98. The van der Waals surface area contributed by atoms with E-state index in [0.717, 1.165) is 17.0 Å². The number of aryl methyl sites for hydroxylation is 1. The summed E-state index contributed by atoms with van der Waals surface area (Å²) in [6.07, 6.45) is 2.58. The lowest BCUT2D eigenvalue weighted by atomic mass is 10.0. The molecular formula is C13H19N5O. The van der Waals surface area contributed by atoms with Gasteiger partial charge in [-0.15, -0.1) is 5.10 Å². The van der Waals surface area contributed by atoms with Crippen LogP contribution in [-0.2, 0) is 13.5 Å². The fraction of sp³-hybridized carbons (Fsp3) is 0.385. The molecule has 1 aromatic carbocycles. The average molecular weight is 261 g/mol. The number of ether oxygens (including phenoxy) is 1. The van der Waals surface area contributed by atoms with Gasteiger partial charge in [0.25, 0.3) is 0 Å². The third-order valence-corrected chi connectivity index (χ3v) is 2.86. The summed E-state index contributed by atoms with van der Waals surface area (Å²) in [6.45, 7) is 2.63. The standard InChI is InChI=1S/C13H19N5O/c1-3-19-12-6-4-10(5-7-12)13(15-14)8-11-9-18(2)17-16-11/h4-7,9,13,15H,3,8,14H2,1-2H3. The normalized spacial score (nSPS) is 12.4. The summed E-state index contributed by atoms with van der Waals surface area (Å²) in [4.78, 5) is 0. The van der Waals surface area contributed by atoms with Crippen LogP contribution in [0.25, 0.3) is 0 Å². The SMILES string of the molecule is CCOc1ccc(C(Cc2cn(C)nn2)NN)cc1. The van der Waals surface area contributed by atoms with Crippen LogP contribution in [0.15, 0.2) is 30.5 Å². The Kier molecular flexibility index (Phi) is 4.48. The number of hydrazine groups is 1. The first kappa shape index (κ1) is 13.5. The maximum atomic E-state index is 5.62. The molecule has 102 valence electrons. The second-order valence-electron chi connectivity index (χ2n) is 4.31. The van der Waals surface area contributed by atoms with Crippen LogP contribution in [0, 0.1) is 0 Å². The first-order valence-corrected chi connectivity index (χ1v) is 6.27. The van der Waals surface area contributed by atoms with Gasteiger partial charge < -0.3 is 4.74 Å². The smallest absolute Gasteiger partial charge is 0.119 e. The number of nitrogens with zero attached hydrogens (tertiary/aromatic N) is 3. The Hall–Kier alpha value is -1.92. The Labute approximate surface area is 112 Å². The Morgan fingerprint density at radius 1 is 1.37 bits per heavy atom. The van der Waals surface area contributed by atoms with Crippen molar-refractivity contribution in [3.63, 3.8) is 0 Å². The topological polar surface area (TPSA) is 78.0 Å². The number of hydrogen-bond donors (Lipinski definition) is 2. The third kappa shape index (κ3) is 3.52. The highest BCUT2D eigenvalue weighted by Crippen LogP contribution is 2.20. The van der Waals surface area contributed by atoms with Gasteiger partial charge in [-0.2, -0.15) is 0 Å². The minimum Gasteiger partial charge on any atom is -0.494 e. The Morgan fingerprint density at radius 3 is 2.63 bits per heavy atom. The van der Waals surface area contributed by atoms with Crippen molar-refractivity contribution in [2.75, 3.05) is 6.61 Å². The van der Waals surface area contributed by atoms with E-state index in [-0.39, 0.29) is 6.04 Å². The van der Waals surface area contributed by atoms with Gasteiger partial charge in [0.15, 0.2) is 0 Å². The predicted molar refractivity (Wildman–Crippen MR) is 72.4 cm³/mol. The molecule has 3 N–H and O–H groups in total. The first-order chi connectivity index (χ1) is 9.22. The quantitative estimate of drug-likeness (QED) is 0.598. The molecule has 1 heterocycles. The Morgan fingerprint density at radius 2 is 2.11 bits per heavy atom. The summed E-state index contributed by atoms with van der Waals surface area (Å²) in [7, 11) is 1.85. The van der Waals surface area contributed by atoms with Crippen LogP contribution < -0.4 is 16.0 Å². The predicted octanol–water partition coefficient (Wildman–Crippen LogP) is 0.961. The molecule has 0 aliphatic carbocycles. The van der Waals surface area contributed by atoms with Gasteiger partial charge in [0, 0.05) is 19.7 Å². The second-order valence-corrected chi connectivity index (χ2v) is 4.31. The van der Waals surface area contributed by atoms with Gasteiger partial charge in [-0.05, 0) is 24.6 Å². The average Bonchev–Trinajstić information content (AvgIpc) is 2.83. The van der Waals surface area contributed by atoms with Crippen molar-refractivity contribution >= 4 is 0 Å². The fourth-order valence-corrected chi connectivity index (χ4v) is 1.93. The zero-order valence-corrected chi connectivity index (χ0v) is 11.2. The van der Waals surface area contributed by atoms with E-state index in [1.807, 2.05) is 44.4 Å². The number of benzene rings is 1. The molecule has 0 radical (unpaired) electrons. The molecule has 6 nitrogen and oxygen atoms in total. The molecule has 0 saturated heterocycles. The van der Waals surface area contributed by atoms with E-state index in [1.165, 1.54) is 0 Å². The van der Waals surface area contributed by atoms with E-state index in [4.69, 9.17) is 10.6 Å². The molecule has 0 bridgehead atoms. The van der Waals surface area contributed by atoms with Crippen LogP contribution in [0.2, 0.25) is 0 Å². The summed E-state index contributed by atoms with van der Waals surface area (Å²) in [5.74, 6) is 6.48. The molecule has 6 heteroatoms. The summed E-state index contributed by atoms with van der Waals surface area (Å²) in [5.41, 5.74) is 4.81. The van der Waals surface area contributed by atoms with E-state index < -0.39 is 0 Å². The lowest BCUT2D eigenvalue weighted by molar-refractivity contribution is 0.340. The molecule has 2 aromatic rings. The molecule has 19 heavy (non-hydrogen) atoms. The second kappa shape index (κ2) is 6.31. The molecular weight excluding hydrogens is 242 g/mol. The van der Waals surface area contributed by atoms with Crippen LogP contribution in [0.1, 0.15) is 24.2 Å². The largest absolute Gasteiger partial charge is 0.494 e. The van der Waals surface area contributed by atoms with Crippen molar-refractivity contribution in [1.82, 2.24) is 20.4 Å². The molecule has 0 amide bonds. The fourth-order valence-electron chi connectivity index (χ4n) is 1.93. The van der Waals surface area contributed by atoms with Crippen LogP contribution >= 0.6 is 0 Å². The van der Waals surface area contributed by atoms with Crippen molar-refractivity contribution in [2.24, 2.45) is 12.9 Å². The van der Waals surface area contributed by atoms with Crippen molar-refractivity contribution < 1.29 is 4.74 Å². The van der Waals surface area contributed by atoms with Crippen molar-refractivity contribution in [3.05, 3.63) is 41.7 Å². The van der Waals surface area contributed by atoms with Crippen molar-refractivity contribution in [3.8, 4) is 5.75 Å². The summed E-state index contributed by atoms with van der Waals surface area (Å²) >= 11 is 0. The number of rotatable bonds is 6. The maximum absolute atomic E-state index is 5.62. The highest BCUT2D eigenvalue weighted by molar-refractivity contribution is 5.29. The van der Waals surface area contributed by atoms with Crippen LogP contribution in [-0.4, -0.2) is 21.6 Å². The zero-order chi connectivity index (χ0) is 13.7. The van der Waals surface area contributed by atoms with E-state index in [2.05, 4.69) is 15.7 Å². The van der Waals surface area contributed by atoms with E-state index >= 15 is 0 Å². The van der Waals surface area contributed by atoms with Gasteiger partial charge >= 0.3 is 0 Å². The summed E-state index contributed by atoms with van der Waals surface area (Å²) in [6, 6.07) is 7.91. The zero-order valence-electron chi connectivity index (χ0n) is 11.2. The molecule has 0 fully saturated rings. The molecule has 0 saturated carbocycles. The molecule has 1 atom stereocenters. The van der Waals surface area contributed by atoms with Gasteiger partial charge in [0.1, 0.15) is 5.75 Å². The Bertz CT molecular complexity index is 508. The highest BCUT2D eigenvalue weighted by Gasteiger charge is 2.12. The summed E-state index contributed by atoms with van der Waals surface area (Å²) < 4.78 is 7.10. The van der Waals surface area contributed by atoms with E-state index in [0.29, 0.717) is 13.0 Å². The van der Waals surface area contributed by atoms with Gasteiger partial charge in [-0.25, -0.2) is 0 Å². The van der Waals surface area contributed by atoms with Crippen LogP contribution in [0.5, 0.6) is 5.75 Å². The van der Waals surface area contributed by atoms with E-state index in [9.17, 15) is 0 Å². The highest BCUT2D eigenvalue weighted by atomic mass is 16.5.